The molecule has 0 spiro atoms. The zero-order chi connectivity index (χ0) is 20.1. The number of para-hydroxylation sites is 2. The number of fused-ring (bicyclic) bond motifs is 3. The van der Waals surface area contributed by atoms with E-state index in [1.165, 1.54) is 19.7 Å². The van der Waals surface area contributed by atoms with Gasteiger partial charge in [-0.25, -0.2) is 0 Å². The monoisotopic (exact) mass is 401 g/mol. The fraction of sp³-hybridized carbons (Fsp3) is 0.174. The molecule has 0 saturated heterocycles. The molecule has 0 bridgehead atoms. The zero-order valence-electron chi connectivity index (χ0n) is 16.6. The van der Waals surface area contributed by atoms with Crippen molar-refractivity contribution in [2.75, 3.05) is 0 Å². The predicted octanol–water partition coefficient (Wildman–Crippen LogP) is 4.19. The molecule has 29 heavy (non-hydrogen) atoms. The highest BCUT2D eigenvalue weighted by Gasteiger charge is 2.18. The highest BCUT2D eigenvalue weighted by molar-refractivity contribution is 7.18. The lowest BCUT2D eigenvalue weighted by Gasteiger charge is -2.08. The number of thiazole rings is 1. The zero-order valence-corrected chi connectivity index (χ0v) is 17.4. The number of hydrogen-bond donors (Lipinski definition) is 0. The Bertz CT molecular complexity index is 1490. The van der Waals surface area contributed by atoms with E-state index in [2.05, 4.69) is 57.6 Å². The summed E-state index contributed by atoms with van der Waals surface area (Å²) < 4.78 is 7.15. The van der Waals surface area contributed by atoms with Crippen molar-refractivity contribution in [3.8, 4) is 0 Å². The summed E-state index contributed by atoms with van der Waals surface area (Å²) in [6.45, 7) is 5.02. The normalized spacial score (nSPS) is 12.1. The van der Waals surface area contributed by atoms with Crippen LogP contribution in [0.15, 0.2) is 53.3 Å². The summed E-state index contributed by atoms with van der Waals surface area (Å²) in [6, 6.07) is 16.1. The van der Waals surface area contributed by atoms with Crippen LogP contribution in [0.4, 0.5) is 0 Å². The third-order valence-corrected chi connectivity index (χ3v) is 6.56. The quantitative estimate of drug-likeness (QED) is 0.426. The first-order chi connectivity index (χ1) is 14.1. The highest BCUT2D eigenvalue weighted by Crippen LogP contribution is 2.24. The summed E-state index contributed by atoms with van der Waals surface area (Å²) in [7, 11) is 1.99. The van der Waals surface area contributed by atoms with Gasteiger partial charge in [0.15, 0.2) is 0 Å². The number of rotatable bonds is 3. The van der Waals surface area contributed by atoms with Crippen molar-refractivity contribution >= 4 is 50.3 Å². The van der Waals surface area contributed by atoms with E-state index in [0.717, 1.165) is 29.0 Å². The maximum Gasteiger partial charge on any atom is 0.282 e. The van der Waals surface area contributed by atoms with Crippen molar-refractivity contribution in [1.82, 2.24) is 14.2 Å². The Morgan fingerprint density at radius 1 is 1.10 bits per heavy atom. The Labute approximate surface area is 171 Å². The Kier molecular flexibility index (Phi) is 4.10. The summed E-state index contributed by atoms with van der Waals surface area (Å²) in [5.74, 6) is 0. The first-order valence-electron chi connectivity index (χ1n) is 9.66. The van der Waals surface area contributed by atoms with Crippen LogP contribution >= 0.6 is 11.3 Å². The molecule has 0 saturated carbocycles. The minimum Gasteiger partial charge on any atom is -0.328 e. The average molecular weight is 402 g/mol. The van der Waals surface area contributed by atoms with Crippen molar-refractivity contribution in [1.29, 1.82) is 0 Å². The van der Waals surface area contributed by atoms with Crippen LogP contribution in [0.2, 0.25) is 0 Å². The number of aryl methyl sites for hydroxylation is 3. The molecule has 5 aromatic rings. The SMILES string of the molecule is CC[n+]1c(C=Cc2c(C)nn3c(=O)c4ccccc4n(C)c23)sc2ccccc21. The van der Waals surface area contributed by atoms with Crippen molar-refractivity contribution < 1.29 is 4.57 Å². The summed E-state index contributed by atoms with van der Waals surface area (Å²) in [5, 5.41) is 6.40. The minimum atomic E-state index is -0.0815. The number of hydrogen-bond acceptors (Lipinski definition) is 3. The van der Waals surface area contributed by atoms with E-state index in [0.29, 0.717) is 5.39 Å². The first-order valence-corrected chi connectivity index (χ1v) is 10.5. The van der Waals surface area contributed by atoms with Gasteiger partial charge in [-0.2, -0.15) is 14.2 Å². The molecule has 0 amide bonds. The van der Waals surface area contributed by atoms with Gasteiger partial charge in [0, 0.05) is 24.8 Å². The van der Waals surface area contributed by atoms with Gasteiger partial charge in [0.05, 0.1) is 16.6 Å². The molecule has 0 aliphatic carbocycles. The number of nitrogens with zero attached hydrogens (tertiary/aromatic N) is 4. The van der Waals surface area contributed by atoms with Crippen molar-refractivity contribution in [3.63, 3.8) is 0 Å². The third-order valence-electron chi connectivity index (χ3n) is 5.43. The molecule has 2 aromatic carbocycles. The molecule has 5 rings (SSSR count). The lowest BCUT2D eigenvalue weighted by molar-refractivity contribution is -0.665. The van der Waals surface area contributed by atoms with Crippen LogP contribution in [0.1, 0.15) is 23.2 Å². The van der Waals surface area contributed by atoms with Crippen LogP contribution < -0.4 is 10.1 Å². The lowest BCUT2D eigenvalue weighted by atomic mass is 10.2. The number of aromatic nitrogens is 4. The van der Waals surface area contributed by atoms with E-state index in [1.807, 2.05) is 38.2 Å². The summed E-state index contributed by atoms with van der Waals surface area (Å²) in [5.41, 5.74) is 4.69. The van der Waals surface area contributed by atoms with E-state index < -0.39 is 0 Å². The topological polar surface area (TPSA) is 43.2 Å². The molecule has 3 aromatic heterocycles. The molecule has 0 unspecified atom stereocenters. The molecule has 144 valence electrons. The van der Waals surface area contributed by atoms with Gasteiger partial charge in [0.25, 0.3) is 10.6 Å². The maximum absolute atomic E-state index is 13.0. The van der Waals surface area contributed by atoms with E-state index in [1.54, 1.807) is 11.3 Å². The Morgan fingerprint density at radius 3 is 2.69 bits per heavy atom. The van der Waals surface area contributed by atoms with E-state index in [4.69, 9.17) is 0 Å². The minimum absolute atomic E-state index is 0.0815. The molecule has 0 radical (unpaired) electrons. The fourth-order valence-electron chi connectivity index (χ4n) is 4.02. The van der Waals surface area contributed by atoms with Gasteiger partial charge < -0.3 is 4.57 Å². The molecular weight excluding hydrogens is 380 g/mol. The Morgan fingerprint density at radius 2 is 1.86 bits per heavy atom. The maximum atomic E-state index is 13.0. The van der Waals surface area contributed by atoms with Crippen molar-refractivity contribution in [3.05, 3.63) is 75.1 Å². The smallest absolute Gasteiger partial charge is 0.282 e. The summed E-state index contributed by atoms with van der Waals surface area (Å²) in [4.78, 5) is 13.0. The molecule has 0 aliphatic heterocycles. The van der Waals surface area contributed by atoms with Gasteiger partial charge in [-0.05, 0) is 38.1 Å². The fourth-order valence-corrected chi connectivity index (χ4v) is 5.15. The average Bonchev–Trinajstić information content (AvgIpc) is 3.27. The van der Waals surface area contributed by atoms with E-state index in [9.17, 15) is 4.79 Å². The summed E-state index contributed by atoms with van der Waals surface area (Å²) >= 11 is 1.77. The van der Waals surface area contributed by atoms with E-state index >= 15 is 0 Å². The lowest BCUT2D eigenvalue weighted by Crippen LogP contribution is -2.33. The van der Waals surface area contributed by atoms with Crippen LogP contribution in [0.3, 0.4) is 0 Å². The van der Waals surface area contributed by atoms with Crippen LogP contribution in [0.25, 0.3) is 38.9 Å². The van der Waals surface area contributed by atoms with Crippen LogP contribution in [0, 0.1) is 6.92 Å². The molecule has 0 atom stereocenters. The first kappa shape index (κ1) is 17.8. The Hall–Kier alpha value is -3.25. The van der Waals surface area contributed by atoms with Crippen molar-refractivity contribution in [2.45, 2.75) is 20.4 Å². The molecule has 6 heteroatoms. The van der Waals surface area contributed by atoms with Crippen LogP contribution in [-0.2, 0) is 13.6 Å². The second kappa shape index (κ2) is 6.67. The van der Waals surface area contributed by atoms with Gasteiger partial charge in [0.2, 0.25) is 5.52 Å². The highest BCUT2D eigenvalue weighted by atomic mass is 32.1. The van der Waals surface area contributed by atoms with Crippen LogP contribution in [0.5, 0.6) is 0 Å². The van der Waals surface area contributed by atoms with Gasteiger partial charge >= 0.3 is 0 Å². The predicted molar refractivity (Wildman–Crippen MR) is 119 cm³/mol. The third kappa shape index (κ3) is 2.63. The largest absolute Gasteiger partial charge is 0.328 e. The molecular formula is C23H21N4OS+. The van der Waals surface area contributed by atoms with Gasteiger partial charge in [-0.1, -0.05) is 35.6 Å². The second-order valence-electron chi connectivity index (χ2n) is 7.10. The molecule has 0 fully saturated rings. The molecule has 5 nitrogen and oxygen atoms in total. The van der Waals surface area contributed by atoms with Crippen LogP contribution in [-0.4, -0.2) is 14.2 Å². The second-order valence-corrected chi connectivity index (χ2v) is 8.16. The Balaban J connectivity index is 1.74. The van der Waals surface area contributed by atoms with Crippen molar-refractivity contribution in [2.24, 2.45) is 7.05 Å². The standard InChI is InChI=1S/C23H21N4OS/c1-4-26-19-11-7-8-12-20(19)29-21(26)14-13-16-15(2)24-27-22(16)25(3)18-10-6-5-9-17(18)23(27)28/h5-14H,4H2,1-3H3/q+1. The van der Waals surface area contributed by atoms with Gasteiger partial charge in [-0.3, -0.25) is 4.79 Å². The molecule has 3 heterocycles. The van der Waals surface area contributed by atoms with E-state index in [-0.39, 0.29) is 5.56 Å². The van der Waals surface area contributed by atoms with Gasteiger partial charge in [-0.15, -0.1) is 0 Å². The molecule has 0 aliphatic rings. The summed E-state index contributed by atoms with van der Waals surface area (Å²) in [6.07, 6.45) is 4.22. The number of benzene rings is 2. The molecule has 0 N–H and O–H groups in total. The van der Waals surface area contributed by atoms with Gasteiger partial charge in [0.1, 0.15) is 16.9 Å².